The predicted octanol–water partition coefficient (Wildman–Crippen LogP) is 1.46. The third-order valence-electron chi connectivity index (χ3n) is 11.2. The van der Waals surface area contributed by atoms with Gasteiger partial charge >= 0.3 is 0 Å². The number of hydrogen-bond acceptors (Lipinski definition) is 9. The maximum absolute atomic E-state index is 14.7. The average molecular weight is 887 g/mol. The molecule has 5 aromatic rings. The highest BCUT2D eigenvalue weighted by Gasteiger charge is 2.33. The van der Waals surface area contributed by atoms with E-state index in [9.17, 15) is 28.8 Å². The summed E-state index contributed by atoms with van der Waals surface area (Å²) in [7, 11) is 0. The molecule has 0 saturated carbocycles. The molecule has 0 aliphatic carbocycles. The first kappa shape index (κ1) is 49.1. The molecular formula is C49H62N10O6. The Kier molecular flexibility index (Phi) is 18.8. The van der Waals surface area contributed by atoms with Crippen molar-refractivity contribution in [2.24, 2.45) is 22.9 Å². The fourth-order valence-electron chi connectivity index (χ4n) is 7.46. The van der Waals surface area contributed by atoms with Gasteiger partial charge in [-0.3, -0.25) is 28.8 Å². The average Bonchev–Trinajstić information content (AvgIpc) is 3.72. The summed E-state index contributed by atoms with van der Waals surface area (Å²) in [4.78, 5) is 86.6. The number of primary amides is 1. The Labute approximate surface area is 379 Å². The first-order chi connectivity index (χ1) is 31.3. The minimum absolute atomic E-state index is 0.0177. The fraction of sp³-hybridized carbons (Fsp3) is 0.347. The highest BCUT2D eigenvalue weighted by atomic mass is 16.2. The molecule has 6 atom stereocenters. The Morgan fingerprint density at radius 1 is 0.508 bits per heavy atom. The molecule has 0 fully saturated rings. The van der Waals surface area contributed by atoms with Gasteiger partial charge in [0.1, 0.15) is 30.2 Å². The van der Waals surface area contributed by atoms with Gasteiger partial charge in [-0.25, -0.2) is 0 Å². The Morgan fingerprint density at radius 2 is 0.923 bits per heavy atom. The van der Waals surface area contributed by atoms with Gasteiger partial charge in [0, 0.05) is 42.8 Å². The molecule has 0 bridgehead atoms. The zero-order valence-electron chi connectivity index (χ0n) is 36.8. The number of H-pyrrole nitrogens is 1. The van der Waals surface area contributed by atoms with Crippen LogP contribution >= 0.6 is 0 Å². The Hall–Kier alpha value is -6.88. The number of para-hydroxylation sites is 1. The van der Waals surface area contributed by atoms with Gasteiger partial charge in [0.25, 0.3) is 0 Å². The van der Waals surface area contributed by atoms with E-state index >= 15 is 0 Å². The van der Waals surface area contributed by atoms with Crippen molar-refractivity contribution in [2.45, 2.75) is 94.5 Å². The van der Waals surface area contributed by atoms with Crippen LogP contribution < -0.4 is 49.5 Å². The third kappa shape index (κ3) is 15.1. The van der Waals surface area contributed by atoms with Crippen molar-refractivity contribution in [2.75, 3.05) is 13.1 Å². The quantitative estimate of drug-likeness (QED) is 0.0406. The zero-order valence-corrected chi connectivity index (χ0v) is 36.8. The molecule has 0 unspecified atom stereocenters. The van der Waals surface area contributed by atoms with Gasteiger partial charge < -0.3 is 54.5 Å². The Balaban J connectivity index is 1.45. The normalized spacial score (nSPS) is 13.9. The van der Waals surface area contributed by atoms with E-state index in [4.69, 9.17) is 22.9 Å². The van der Waals surface area contributed by atoms with Gasteiger partial charge in [-0.15, -0.1) is 0 Å². The first-order valence-electron chi connectivity index (χ1n) is 22.0. The summed E-state index contributed by atoms with van der Waals surface area (Å²) in [6.45, 7) is 2.54. The third-order valence-corrected chi connectivity index (χ3v) is 11.2. The van der Waals surface area contributed by atoms with E-state index in [-0.39, 0.29) is 38.6 Å². The molecule has 0 aliphatic heterocycles. The van der Waals surface area contributed by atoms with Gasteiger partial charge in [0.2, 0.25) is 35.4 Å². The Morgan fingerprint density at radius 3 is 1.42 bits per heavy atom. The molecule has 16 heteroatoms. The number of hydrogen-bond donors (Lipinski definition) is 10. The van der Waals surface area contributed by atoms with Crippen molar-refractivity contribution in [3.8, 4) is 0 Å². The van der Waals surface area contributed by atoms with Crippen molar-refractivity contribution in [3.05, 3.63) is 143 Å². The molecule has 5 rings (SSSR count). The summed E-state index contributed by atoms with van der Waals surface area (Å²) in [5.41, 5.74) is 27.9. The summed E-state index contributed by atoms with van der Waals surface area (Å²) >= 11 is 0. The minimum Gasteiger partial charge on any atom is -0.368 e. The number of rotatable bonds is 25. The van der Waals surface area contributed by atoms with Gasteiger partial charge in [-0.1, -0.05) is 109 Å². The van der Waals surface area contributed by atoms with Crippen molar-refractivity contribution in [1.29, 1.82) is 0 Å². The first-order valence-corrected chi connectivity index (χ1v) is 22.0. The lowest BCUT2D eigenvalue weighted by Gasteiger charge is -2.27. The van der Waals surface area contributed by atoms with Crippen LogP contribution in [-0.2, 0) is 54.5 Å². The molecule has 1 aromatic heterocycles. The van der Waals surface area contributed by atoms with Crippen LogP contribution in [0.25, 0.3) is 10.9 Å². The van der Waals surface area contributed by atoms with Crippen LogP contribution in [0.5, 0.6) is 0 Å². The largest absolute Gasteiger partial charge is 0.368 e. The second kappa shape index (κ2) is 24.8. The van der Waals surface area contributed by atoms with Crippen LogP contribution in [0.1, 0.15) is 53.5 Å². The molecule has 344 valence electrons. The maximum atomic E-state index is 14.7. The molecule has 1 heterocycles. The van der Waals surface area contributed by atoms with Gasteiger partial charge in [-0.2, -0.15) is 0 Å². The molecule has 0 saturated heterocycles. The molecule has 4 aromatic carbocycles. The topological polar surface area (TPSA) is 282 Å². The van der Waals surface area contributed by atoms with E-state index in [0.717, 1.165) is 27.6 Å². The number of fused-ring (bicyclic) bond motifs is 1. The van der Waals surface area contributed by atoms with E-state index in [0.29, 0.717) is 36.9 Å². The van der Waals surface area contributed by atoms with Crippen molar-refractivity contribution < 1.29 is 28.8 Å². The molecule has 65 heavy (non-hydrogen) atoms. The SMILES string of the molecule is Cc1ccc(C[C@H](NC(=O)[C@@H](Cc2ccccc2)NC(=O)[C@@H](Cc2c[nH]c3ccccc23)NC(=O)[C@@H](N)CCCN)C(=O)N[C@H](Cc2ccccc2)C(=O)N[C@@H](CCCN)C(N)=O)cc1. The maximum Gasteiger partial charge on any atom is 0.243 e. The summed E-state index contributed by atoms with van der Waals surface area (Å²) < 4.78 is 0. The number of carbonyl (C=O) groups is 6. The molecule has 14 N–H and O–H groups in total. The van der Waals surface area contributed by atoms with Crippen molar-refractivity contribution in [3.63, 3.8) is 0 Å². The van der Waals surface area contributed by atoms with Gasteiger partial charge in [0.05, 0.1) is 6.04 Å². The van der Waals surface area contributed by atoms with Crippen LogP contribution in [0.4, 0.5) is 0 Å². The lowest BCUT2D eigenvalue weighted by molar-refractivity contribution is -0.135. The lowest BCUT2D eigenvalue weighted by Crippen LogP contribution is -2.60. The number of aromatic nitrogens is 1. The van der Waals surface area contributed by atoms with Crippen LogP contribution in [0.3, 0.4) is 0 Å². The molecule has 16 nitrogen and oxygen atoms in total. The number of benzene rings is 4. The number of carbonyl (C=O) groups excluding carboxylic acids is 6. The predicted molar refractivity (Wildman–Crippen MR) is 251 cm³/mol. The number of nitrogens with two attached hydrogens (primary N) is 4. The van der Waals surface area contributed by atoms with Crippen LogP contribution in [0, 0.1) is 6.92 Å². The molecular weight excluding hydrogens is 825 g/mol. The molecule has 0 spiro atoms. The van der Waals surface area contributed by atoms with E-state index in [1.54, 1.807) is 42.6 Å². The monoisotopic (exact) mass is 886 g/mol. The molecule has 6 amide bonds. The standard InChI is InChI=1S/C49H62N10O6/c1-31-20-22-34(23-21-31)28-42(48(64)57-40(26-32-12-4-2-5-13-32)46(62)55-39(44(53)60)19-11-25-51)58-47(63)41(27-33-14-6-3-7-15-33)59-49(65)43(56-45(61)37(52)17-10-24-50)29-35-30-54-38-18-9-8-16-36(35)38/h2-9,12-16,18,20-23,30,37,39-43,54H,10-11,17,19,24-29,50-52H2,1H3,(H2,53,60)(H,55,62)(H,56,61)(H,57,64)(H,58,63)(H,59,65)/t37-,39-,40+,41+,42-,43+/m0/s1. The summed E-state index contributed by atoms with van der Waals surface area (Å²) in [6.07, 6.45) is 3.38. The highest BCUT2D eigenvalue weighted by Crippen LogP contribution is 2.20. The van der Waals surface area contributed by atoms with E-state index < -0.39 is 71.7 Å². The van der Waals surface area contributed by atoms with Crippen molar-refractivity contribution in [1.82, 2.24) is 31.6 Å². The fourth-order valence-corrected chi connectivity index (χ4v) is 7.46. The molecule has 0 aliphatic rings. The van der Waals surface area contributed by atoms with Crippen LogP contribution in [0.2, 0.25) is 0 Å². The van der Waals surface area contributed by atoms with Gasteiger partial charge in [-0.05, 0) is 74.0 Å². The van der Waals surface area contributed by atoms with Crippen LogP contribution in [0.15, 0.2) is 115 Å². The van der Waals surface area contributed by atoms with Crippen molar-refractivity contribution >= 4 is 46.3 Å². The minimum atomic E-state index is -1.25. The number of nitrogens with one attached hydrogen (secondary N) is 6. The second-order valence-electron chi connectivity index (χ2n) is 16.3. The van der Waals surface area contributed by atoms with Crippen LogP contribution in [-0.4, -0.2) is 89.8 Å². The number of aryl methyl sites for hydroxylation is 1. The van der Waals surface area contributed by atoms with E-state index in [1.807, 2.05) is 79.7 Å². The van der Waals surface area contributed by atoms with E-state index in [2.05, 4.69) is 31.6 Å². The highest BCUT2D eigenvalue weighted by molar-refractivity contribution is 5.97. The lowest BCUT2D eigenvalue weighted by atomic mass is 9.99. The zero-order chi connectivity index (χ0) is 46.7. The summed E-state index contributed by atoms with van der Waals surface area (Å²) in [5, 5.41) is 15.0. The van der Waals surface area contributed by atoms with Gasteiger partial charge in [0.15, 0.2) is 0 Å². The number of aromatic amines is 1. The smallest absolute Gasteiger partial charge is 0.243 e. The summed E-state index contributed by atoms with van der Waals surface area (Å²) in [6, 6.07) is 26.3. The van der Waals surface area contributed by atoms with E-state index in [1.165, 1.54) is 0 Å². The number of amides is 6. The Bertz CT molecular complexity index is 2340. The summed E-state index contributed by atoms with van der Waals surface area (Å²) in [5.74, 6) is -3.97. The molecule has 0 radical (unpaired) electrons. The second-order valence-corrected chi connectivity index (χ2v) is 16.3.